The summed E-state index contributed by atoms with van der Waals surface area (Å²) in [5, 5.41) is 6.30. The van der Waals surface area contributed by atoms with Gasteiger partial charge in [-0.2, -0.15) is 0 Å². The third kappa shape index (κ3) is 9.05. The molecule has 0 bridgehead atoms. The molecule has 2 rings (SSSR count). The second-order valence-corrected chi connectivity index (χ2v) is 7.99. The molecule has 1 saturated heterocycles. The fourth-order valence-corrected chi connectivity index (χ4v) is 3.13. The number of aromatic nitrogens is 1. The summed E-state index contributed by atoms with van der Waals surface area (Å²) in [6.45, 7) is 8.60. The van der Waals surface area contributed by atoms with E-state index in [-0.39, 0.29) is 41.7 Å². The number of hydrogen-bond acceptors (Lipinski definition) is 4. The lowest BCUT2D eigenvalue weighted by molar-refractivity contribution is 0.0507. The molecule has 0 saturated carbocycles. The highest BCUT2D eigenvalue weighted by Crippen LogP contribution is 2.12. The van der Waals surface area contributed by atoms with Gasteiger partial charge in [0.05, 0.1) is 6.04 Å². The number of pyridine rings is 1. The Labute approximate surface area is 190 Å². The molecule has 9 heteroatoms. The fourth-order valence-electron chi connectivity index (χ4n) is 3.13. The lowest BCUT2D eigenvalue weighted by Crippen LogP contribution is -2.44. The van der Waals surface area contributed by atoms with Crippen molar-refractivity contribution in [1.29, 1.82) is 0 Å². The van der Waals surface area contributed by atoms with Crippen molar-refractivity contribution in [2.75, 3.05) is 26.7 Å². The zero-order chi connectivity index (χ0) is 20.6. The number of carbonyl (C=O) groups excluding carboxylic acids is 1. The third-order valence-corrected chi connectivity index (χ3v) is 4.43. The number of aryl methyl sites for hydroxylation is 1. The summed E-state index contributed by atoms with van der Waals surface area (Å²) in [6.07, 6.45) is 4.15. The number of likely N-dealkylation sites (tertiary alicyclic amines) is 1. The number of halogens is 1. The summed E-state index contributed by atoms with van der Waals surface area (Å²) >= 11 is 0. The van der Waals surface area contributed by atoms with Crippen LogP contribution in [0.4, 0.5) is 4.79 Å². The Hall–Kier alpha value is -1.78. The van der Waals surface area contributed by atoms with Gasteiger partial charge in [-0.1, -0.05) is 6.07 Å². The lowest BCUT2D eigenvalue weighted by Gasteiger charge is -2.23. The van der Waals surface area contributed by atoms with Gasteiger partial charge in [-0.15, -0.1) is 24.0 Å². The number of nitrogens with one attached hydrogen (secondary N) is 2. The van der Waals surface area contributed by atoms with Crippen molar-refractivity contribution < 1.29 is 9.53 Å². The number of amides is 1. The topological polar surface area (TPSA) is 88.0 Å². The van der Waals surface area contributed by atoms with E-state index < -0.39 is 5.60 Å². The van der Waals surface area contributed by atoms with E-state index in [1.165, 1.54) is 0 Å². The first-order valence-corrected chi connectivity index (χ1v) is 9.89. The maximum absolute atomic E-state index is 11.9. The molecule has 1 aromatic rings. The van der Waals surface area contributed by atoms with Gasteiger partial charge in [-0.3, -0.25) is 9.79 Å². The number of unbranched alkanes of at least 4 members (excludes halogenated alkanes) is 1. The van der Waals surface area contributed by atoms with Crippen LogP contribution in [0.25, 0.3) is 0 Å². The average molecular weight is 519 g/mol. The zero-order valence-electron chi connectivity index (χ0n) is 17.8. The van der Waals surface area contributed by atoms with Crippen molar-refractivity contribution >= 4 is 36.0 Å². The molecule has 0 radical (unpaired) electrons. The molecule has 164 valence electrons. The molecule has 1 atom stereocenters. The number of nitrogens with zero attached hydrogens (tertiary/aromatic N) is 3. The predicted molar refractivity (Wildman–Crippen MR) is 126 cm³/mol. The zero-order valence-corrected chi connectivity index (χ0v) is 20.1. The smallest absolute Gasteiger partial charge is 0.407 e. The van der Waals surface area contributed by atoms with Crippen LogP contribution in [0.2, 0.25) is 0 Å². The fraction of sp³-hybridized carbons (Fsp3) is 0.650. The summed E-state index contributed by atoms with van der Waals surface area (Å²) in [6, 6.07) is 5.26. The maximum atomic E-state index is 11.9. The molecule has 1 unspecified atom stereocenters. The van der Waals surface area contributed by atoms with Gasteiger partial charge in [0.2, 0.25) is 5.56 Å². The average Bonchev–Trinajstić information content (AvgIpc) is 3.06. The number of carbonyl (C=O) groups is 1. The first-order valence-electron chi connectivity index (χ1n) is 9.89. The van der Waals surface area contributed by atoms with Gasteiger partial charge in [0.1, 0.15) is 5.60 Å². The van der Waals surface area contributed by atoms with Crippen molar-refractivity contribution in [3.63, 3.8) is 0 Å². The van der Waals surface area contributed by atoms with Gasteiger partial charge < -0.3 is 24.8 Å². The largest absolute Gasteiger partial charge is 0.444 e. The molecule has 1 amide bonds. The number of guanidine groups is 1. The van der Waals surface area contributed by atoms with E-state index in [1.807, 2.05) is 33.0 Å². The summed E-state index contributed by atoms with van der Waals surface area (Å²) < 4.78 is 7.04. The van der Waals surface area contributed by atoms with Gasteiger partial charge in [0.25, 0.3) is 0 Å². The predicted octanol–water partition coefficient (Wildman–Crippen LogP) is 2.42. The van der Waals surface area contributed by atoms with E-state index in [0.29, 0.717) is 13.1 Å². The monoisotopic (exact) mass is 519 g/mol. The van der Waals surface area contributed by atoms with Crippen LogP contribution >= 0.6 is 24.0 Å². The summed E-state index contributed by atoms with van der Waals surface area (Å²) in [5.74, 6) is 0.838. The highest BCUT2D eigenvalue weighted by Gasteiger charge is 2.27. The minimum atomic E-state index is -0.495. The van der Waals surface area contributed by atoms with Gasteiger partial charge in [-0.05, 0) is 46.1 Å². The van der Waals surface area contributed by atoms with Crippen molar-refractivity contribution in [2.45, 2.75) is 58.2 Å². The van der Waals surface area contributed by atoms with Crippen LogP contribution in [-0.4, -0.2) is 59.8 Å². The summed E-state index contributed by atoms with van der Waals surface area (Å²) in [5.41, 5.74) is -0.461. The van der Waals surface area contributed by atoms with Crippen LogP contribution in [0.5, 0.6) is 0 Å². The standard InChI is InChI=1S/C20H33N5O3.HI/c1-20(2,3)28-19(27)23-16-10-14-25(15-16)18(21-4)22-11-6-8-13-24-12-7-5-9-17(24)26;/h5,7,9,12,16H,6,8,10-11,13-15H2,1-4H3,(H,21,22)(H,23,27);1H. The van der Waals surface area contributed by atoms with Gasteiger partial charge in [0, 0.05) is 45.5 Å². The van der Waals surface area contributed by atoms with Crippen molar-refractivity contribution in [2.24, 2.45) is 4.99 Å². The van der Waals surface area contributed by atoms with E-state index in [2.05, 4.69) is 20.5 Å². The minimum absolute atomic E-state index is 0. The molecule has 1 aromatic heterocycles. The van der Waals surface area contributed by atoms with E-state index in [1.54, 1.807) is 23.7 Å². The third-order valence-electron chi connectivity index (χ3n) is 4.43. The molecule has 29 heavy (non-hydrogen) atoms. The molecule has 1 aliphatic rings. The first kappa shape index (κ1) is 25.3. The highest BCUT2D eigenvalue weighted by molar-refractivity contribution is 14.0. The van der Waals surface area contributed by atoms with Crippen LogP contribution < -0.4 is 16.2 Å². The van der Waals surface area contributed by atoms with Crippen molar-refractivity contribution in [3.8, 4) is 0 Å². The second-order valence-electron chi connectivity index (χ2n) is 7.99. The maximum Gasteiger partial charge on any atom is 0.407 e. The van der Waals surface area contributed by atoms with Crippen LogP contribution in [0.1, 0.15) is 40.0 Å². The quantitative estimate of drug-likeness (QED) is 0.261. The van der Waals surface area contributed by atoms with Crippen molar-refractivity contribution in [1.82, 2.24) is 20.1 Å². The van der Waals surface area contributed by atoms with Gasteiger partial charge in [0.15, 0.2) is 5.96 Å². The lowest BCUT2D eigenvalue weighted by atomic mass is 10.2. The van der Waals surface area contributed by atoms with Crippen LogP contribution in [-0.2, 0) is 11.3 Å². The summed E-state index contributed by atoms with van der Waals surface area (Å²) in [7, 11) is 1.76. The van der Waals surface area contributed by atoms with E-state index >= 15 is 0 Å². The molecule has 8 nitrogen and oxygen atoms in total. The molecule has 0 aliphatic carbocycles. The number of alkyl carbamates (subject to hydrolysis) is 1. The Kier molecular flexibility index (Phi) is 10.5. The number of aliphatic imine (C=N–C) groups is 1. The highest BCUT2D eigenvalue weighted by atomic mass is 127. The number of rotatable bonds is 6. The van der Waals surface area contributed by atoms with Gasteiger partial charge >= 0.3 is 6.09 Å². The van der Waals surface area contributed by atoms with Crippen LogP contribution in [0.3, 0.4) is 0 Å². The molecule has 0 spiro atoms. The first-order chi connectivity index (χ1) is 13.3. The Balaban J connectivity index is 0.00000420. The molecule has 1 fully saturated rings. The summed E-state index contributed by atoms with van der Waals surface area (Å²) in [4.78, 5) is 30.1. The Morgan fingerprint density at radius 3 is 2.72 bits per heavy atom. The molecule has 0 aromatic carbocycles. The number of ether oxygens (including phenoxy) is 1. The van der Waals surface area contributed by atoms with E-state index in [4.69, 9.17) is 4.74 Å². The molecular weight excluding hydrogens is 485 g/mol. The number of hydrogen-bond donors (Lipinski definition) is 2. The Morgan fingerprint density at radius 1 is 1.31 bits per heavy atom. The van der Waals surface area contributed by atoms with E-state index in [9.17, 15) is 9.59 Å². The minimum Gasteiger partial charge on any atom is -0.444 e. The Bertz CT molecular complexity index is 729. The van der Waals surface area contributed by atoms with E-state index in [0.717, 1.165) is 38.3 Å². The molecule has 2 heterocycles. The molecular formula is C20H34IN5O3. The van der Waals surface area contributed by atoms with Crippen LogP contribution in [0, 0.1) is 0 Å². The molecule has 1 aliphatic heterocycles. The van der Waals surface area contributed by atoms with Crippen molar-refractivity contribution in [3.05, 3.63) is 34.7 Å². The SMILES string of the molecule is CN=C(NCCCCn1ccccc1=O)N1CCC(NC(=O)OC(C)(C)C)C1.I. The van der Waals surface area contributed by atoms with Gasteiger partial charge in [-0.25, -0.2) is 4.79 Å². The van der Waals surface area contributed by atoms with Crippen LogP contribution in [0.15, 0.2) is 34.2 Å². The Morgan fingerprint density at radius 2 is 2.07 bits per heavy atom. The normalized spacial score (nSPS) is 16.9. The second kappa shape index (κ2) is 12.0. The molecule has 2 N–H and O–H groups in total.